The summed E-state index contributed by atoms with van der Waals surface area (Å²) in [6.07, 6.45) is 1.59. The Labute approximate surface area is 91.7 Å². The van der Waals surface area contributed by atoms with Gasteiger partial charge in [0.1, 0.15) is 0 Å². The molecule has 82 valence electrons. The molecule has 2 heteroatoms. The maximum Gasteiger partial charge on any atom is 0.224 e. The Hall–Kier alpha value is -1.31. The maximum atomic E-state index is 11.5. The molecule has 15 heavy (non-hydrogen) atoms. The van der Waals surface area contributed by atoms with Crippen LogP contribution in [0.25, 0.3) is 0 Å². The quantitative estimate of drug-likeness (QED) is 0.785. The highest BCUT2D eigenvalue weighted by atomic mass is 16.1. The summed E-state index contributed by atoms with van der Waals surface area (Å²) >= 11 is 0. The summed E-state index contributed by atoms with van der Waals surface area (Å²) in [4.78, 5) is 11.5. The lowest BCUT2D eigenvalue weighted by molar-refractivity contribution is -0.120. The Bertz CT molecular complexity index is 295. The lowest BCUT2D eigenvalue weighted by Crippen LogP contribution is -2.29. The van der Waals surface area contributed by atoms with Gasteiger partial charge in [0.05, 0.1) is 6.42 Å². The van der Waals surface area contributed by atoms with Crippen molar-refractivity contribution in [2.75, 3.05) is 6.54 Å². The highest BCUT2D eigenvalue weighted by molar-refractivity contribution is 5.78. The second-order valence-electron chi connectivity index (χ2n) is 3.98. The van der Waals surface area contributed by atoms with E-state index < -0.39 is 0 Å². The van der Waals surface area contributed by atoms with Crippen molar-refractivity contribution in [3.05, 3.63) is 35.9 Å². The number of hydrogen-bond acceptors (Lipinski definition) is 1. The van der Waals surface area contributed by atoms with E-state index in [4.69, 9.17) is 0 Å². The van der Waals surface area contributed by atoms with E-state index in [1.807, 2.05) is 30.3 Å². The van der Waals surface area contributed by atoms with Crippen molar-refractivity contribution >= 4 is 5.91 Å². The van der Waals surface area contributed by atoms with Crippen LogP contribution in [-0.2, 0) is 11.2 Å². The van der Waals surface area contributed by atoms with Gasteiger partial charge in [-0.2, -0.15) is 0 Å². The predicted molar refractivity (Wildman–Crippen MR) is 62.6 cm³/mol. The maximum absolute atomic E-state index is 11.5. The molecule has 0 unspecified atom stereocenters. The average Bonchev–Trinajstić information content (AvgIpc) is 2.27. The molecule has 0 aliphatic carbocycles. The first-order chi connectivity index (χ1) is 7.22. The molecule has 0 fully saturated rings. The lowest BCUT2D eigenvalue weighted by Gasteiger charge is -2.09. The zero-order valence-corrected chi connectivity index (χ0v) is 9.49. The summed E-state index contributed by atoms with van der Waals surface area (Å²) in [5.41, 5.74) is 1.07. The van der Waals surface area contributed by atoms with Crippen LogP contribution in [0.3, 0.4) is 0 Å². The van der Waals surface area contributed by atoms with Gasteiger partial charge in [-0.15, -0.1) is 0 Å². The number of rotatable bonds is 5. The van der Waals surface area contributed by atoms with E-state index in [1.165, 1.54) is 0 Å². The van der Waals surface area contributed by atoms with Crippen LogP contribution in [0, 0.1) is 5.92 Å². The molecule has 1 aromatic carbocycles. The van der Waals surface area contributed by atoms with Gasteiger partial charge in [-0.3, -0.25) is 4.79 Å². The Balaban J connectivity index is 2.31. The predicted octanol–water partition coefficient (Wildman–Crippen LogP) is 2.39. The van der Waals surface area contributed by atoms with Gasteiger partial charge < -0.3 is 5.32 Å². The molecule has 0 radical (unpaired) electrons. The number of benzene rings is 1. The van der Waals surface area contributed by atoms with E-state index in [-0.39, 0.29) is 5.91 Å². The van der Waals surface area contributed by atoms with Crippen LogP contribution in [0.4, 0.5) is 0 Å². The fraction of sp³-hybridized carbons (Fsp3) is 0.462. The number of carbonyl (C=O) groups is 1. The van der Waals surface area contributed by atoms with Gasteiger partial charge in [0.15, 0.2) is 0 Å². The second-order valence-corrected chi connectivity index (χ2v) is 3.98. The van der Waals surface area contributed by atoms with Gasteiger partial charge in [-0.05, 0) is 11.5 Å². The van der Waals surface area contributed by atoms with E-state index in [2.05, 4.69) is 19.2 Å². The molecule has 1 rings (SSSR count). The largest absolute Gasteiger partial charge is 0.356 e. The molecule has 1 aromatic rings. The zero-order chi connectivity index (χ0) is 11.1. The molecular formula is C13H19NO. The third kappa shape index (κ3) is 4.63. The summed E-state index contributed by atoms with van der Waals surface area (Å²) < 4.78 is 0. The van der Waals surface area contributed by atoms with Crippen molar-refractivity contribution in [3.8, 4) is 0 Å². The minimum atomic E-state index is 0.113. The topological polar surface area (TPSA) is 29.1 Å². The SMILES string of the molecule is CC[C@H](C)CNC(=O)Cc1ccccc1. The first kappa shape index (κ1) is 11.8. The van der Waals surface area contributed by atoms with Crippen molar-refractivity contribution in [1.82, 2.24) is 5.32 Å². The fourth-order valence-electron chi connectivity index (χ4n) is 1.28. The Morgan fingerprint density at radius 3 is 2.60 bits per heavy atom. The highest BCUT2D eigenvalue weighted by Gasteiger charge is 2.04. The van der Waals surface area contributed by atoms with Gasteiger partial charge in [0.25, 0.3) is 0 Å². The molecule has 0 saturated heterocycles. The zero-order valence-electron chi connectivity index (χ0n) is 9.49. The summed E-state index contributed by atoms with van der Waals surface area (Å²) in [6, 6.07) is 9.82. The normalized spacial score (nSPS) is 12.1. The summed E-state index contributed by atoms with van der Waals surface area (Å²) in [6.45, 7) is 5.05. The van der Waals surface area contributed by atoms with Gasteiger partial charge in [0.2, 0.25) is 5.91 Å². The smallest absolute Gasteiger partial charge is 0.224 e. The number of hydrogen-bond donors (Lipinski definition) is 1. The van der Waals surface area contributed by atoms with Crippen LogP contribution in [0.1, 0.15) is 25.8 Å². The van der Waals surface area contributed by atoms with Crippen molar-refractivity contribution in [2.24, 2.45) is 5.92 Å². The van der Waals surface area contributed by atoms with Crippen LogP contribution in [-0.4, -0.2) is 12.5 Å². The molecule has 1 amide bonds. The molecule has 2 nitrogen and oxygen atoms in total. The van der Waals surface area contributed by atoms with E-state index in [0.29, 0.717) is 12.3 Å². The van der Waals surface area contributed by atoms with Gasteiger partial charge in [0, 0.05) is 6.54 Å². The van der Waals surface area contributed by atoms with Crippen LogP contribution >= 0.6 is 0 Å². The summed E-state index contributed by atoms with van der Waals surface area (Å²) in [7, 11) is 0. The molecular weight excluding hydrogens is 186 g/mol. The lowest BCUT2D eigenvalue weighted by atomic mass is 10.1. The third-order valence-corrected chi connectivity index (χ3v) is 2.55. The molecule has 0 heterocycles. The Kier molecular flexibility index (Phi) is 4.88. The first-order valence-electron chi connectivity index (χ1n) is 5.53. The molecule has 0 bridgehead atoms. The van der Waals surface area contributed by atoms with Crippen molar-refractivity contribution in [1.29, 1.82) is 0 Å². The number of amides is 1. The minimum Gasteiger partial charge on any atom is -0.356 e. The fourth-order valence-corrected chi connectivity index (χ4v) is 1.28. The summed E-state index contributed by atoms with van der Waals surface area (Å²) in [5, 5.41) is 2.94. The molecule has 1 atom stereocenters. The van der Waals surface area contributed by atoms with Gasteiger partial charge >= 0.3 is 0 Å². The van der Waals surface area contributed by atoms with E-state index in [0.717, 1.165) is 18.5 Å². The van der Waals surface area contributed by atoms with Gasteiger partial charge in [-0.25, -0.2) is 0 Å². The van der Waals surface area contributed by atoms with E-state index in [1.54, 1.807) is 0 Å². The second kappa shape index (κ2) is 6.23. The Morgan fingerprint density at radius 2 is 2.00 bits per heavy atom. The average molecular weight is 205 g/mol. The molecule has 0 aromatic heterocycles. The van der Waals surface area contributed by atoms with Crippen LogP contribution in [0.5, 0.6) is 0 Å². The Morgan fingerprint density at radius 1 is 1.33 bits per heavy atom. The van der Waals surface area contributed by atoms with Crippen molar-refractivity contribution in [3.63, 3.8) is 0 Å². The molecule has 0 spiro atoms. The van der Waals surface area contributed by atoms with Crippen LogP contribution in [0.15, 0.2) is 30.3 Å². The molecule has 0 aliphatic heterocycles. The minimum absolute atomic E-state index is 0.113. The van der Waals surface area contributed by atoms with E-state index in [9.17, 15) is 4.79 Å². The van der Waals surface area contributed by atoms with Crippen molar-refractivity contribution < 1.29 is 4.79 Å². The highest BCUT2D eigenvalue weighted by Crippen LogP contribution is 2.00. The van der Waals surface area contributed by atoms with Crippen LogP contribution in [0.2, 0.25) is 0 Å². The van der Waals surface area contributed by atoms with E-state index >= 15 is 0 Å². The number of nitrogens with one attached hydrogen (secondary N) is 1. The number of carbonyl (C=O) groups excluding carboxylic acids is 1. The monoisotopic (exact) mass is 205 g/mol. The molecule has 1 N–H and O–H groups in total. The van der Waals surface area contributed by atoms with Gasteiger partial charge in [-0.1, -0.05) is 50.6 Å². The standard InChI is InChI=1S/C13H19NO/c1-3-11(2)10-14-13(15)9-12-7-5-4-6-8-12/h4-8,11H,3,9-10H2,1-2H3,(H,14,15)/t11-/m0/s1. The molecule has 0 aliphatic rings. The van der Waals surface area contributed by atoms with Crippen molar-refractivity contribution in [2.45, 2.75) is 26.7 Å². The first-order valence-corrected chi connectivity index (χ1v) is 5.53. The summed E-state index contributed by atoms with van der Waals surface area (Å²) in [5.74, 6) is 0.672. The third-order valence-electron chi connectivity index (χ3n) is 2.55. The molecule has 0 saturated carbocycles. The van der Waals surface area contributed by atoms with Crippen LogP contribution < -0.4 is 5.32 Å².